The van der Waals surface area contributed by atoms with E-state index in [4.69, 9.17) is 5.26 Å². The zero-order valence-electron chi connectivity index (χ0n) is 8.71. The van der Waals surface area contributed by atoms with Gasteiger partial charge in [0.15, 0.2) is 5.82 Å². The van der Waals surface area contributed by atoms with Gasteiger partial charge >= 0.3 is 0 Å². The molecule has 0 unspecified atom stereocenters. The van der Waals surface area contributed by atoms with E-state index < -0.39 is 0 Å². The second kappa shape index (κ2) is 4.81. The van der Waals surface area contributed by atoms with Crippen LogP contribution >= 0.6 is 11.8 Å². The Morgan fingerprint density at radius 1 is 1.38 bits per heavy atom. The lowest BCUT2D eigenvalue weighted by atomic mass is 10.2. The Morgan fingerprint density at radius 2 is 2.12 bits per heavy atom. The molecule has 0 spiro atoms. The van der Waals surface area contributed by atoms with E-state index in [0.717, 1.165) is 11.4 Å². The summed E-state index contributed by atoms with van der Waals surface area (Å²) in [5.41, 5.74) is 0.992. The van der Waals surface area contributed by atoms with Crippen molar-refractivity contribution in [2.75, 3.05) is 0 Å². The second-order valence-electron chi connectivity index (χ2n) is 3.22. The predicted molar refractivity (Wildman–Crippen MR) is 62.8 cm³/mol. The van der Waals surface area contributed by atoms with Crippen LogP contribution in [0, 0.1) is 11.3 Å². The van der Waals surface area contributed by atoms with Gasteiger partial charge in [-0.05, 0) is 6.92 Å². The summed E-state index contributed by atoms with van der Waals surface area (Å²) < 4.78 is 0. The van der Waals surface area contributed by atoms with Crippen LogP contribution in [0.4, 0.5) is 0 Å². The maximum absolute atomic E-state index is 8.68. The highest BCUT2D eigenvalue weighted by Gasteiger charge is 2.09. The molecule has 0 radical (unpaired) electrons. The number of thioether (sulfide) groups is 1. The van der Waals surface area contributed by atoms with Crippen LogP contribution in [0.15, 0.2) is 35.5 Å². The van der Waals surface area contributed by atoms with Crippen molar-refractivity contribution < 1.29 is 0 Å². The van der Waals surface area contributed by atoms with Gasteiger partial charge in [-0.2, -0.15) is 5.26 Å². The molecule has 0 aliphatic heterocycles. The topological polar surface area (TPSA) is 65.4 Å². The minimum atomic E-state index is -0.139. The average Bonchev–Trinajstić information content (AvgIpc) is 2.78. The lowest BCUT2D eigenvalue weighted by Gasteiger charge is -1.95. The molecule has 1 aromatic heterocycles. The van der Waals surface area contributed by atoms with Crippen LogP contribution in [-0.2, 0) is 0 Å². The molecule has 1 heterocycles. The quantitative estimate of drug-likeness (QED) is 0.823. The minimum Gasteiger partial charge on any atom is -0.258 e. The standard InChI is InChI=1S/C11H10N4S/c1-8(7-12)16-11-13-10(14-15-11)9-5-3-2-4-6-9/h2-6,8H,1H3,(H,13,14,15)/t8-/m1/s1. The van der Waals surface area contributed by atoms with Gasteiger partial charge in [-0.15, -0.1) is 5.10 Å². The molecule has 0 aliphatic carbocycles. The predicted octanol–water partition coefficient (Wildman–Crippen LogP) is 2.48. The molecule has 0 saturated heterocycles. The van der Waals surface area contributed by atoms with Crippen molar-refractivity contribution in [2.45, 2.75) is 17.3 Å². The van der Waals surface area contributed by atoms with Crippen LogP contribution < -0.4 is 0 Å². The van der Waals surface area contributed by atoms with Gasteiger partial charge < -0.3 is 0 Å². The molecule has 0 fully saturated rings. The second-order valence-corrected chi connectivity index (χ2v) is 4.53. The summed E-state index contributed by atoms with van der Waals surface area (Å²) in [4.78, 5) is 4.31. The van der Waals surface area contributed by atoms with Crippen LogP contribution in [0.2, 0.25) is 0 Å². The van der Waals surface area contributed by atoms with E-state index in [1.54, 1.807) is 0 Å². The number of benzene rings is 1. The Labute approximate surface area is 97.7 Å². The van der Waals surface area contributed by atoms with Gasteiger partial charge in [0.05, 0.1) is 11.3 Å². The number of aromatic amines is 1. The van der Waals surface area contributed by atoms with Gasteiger partial charge in [0.2, 0.25) is 5.16 Å². The Morgan fingerprint density at radius 3 is 2.81 bits per heavy atom. The number of hydrogen-bond donors (Lipinski definition) is 1. The Balaban J connectivity index is 2.18. The molecule has 1 N–H and O–H groups in total. The molecule has 16 heavy (non-hydrogen) atoms. The molecule has 2 aromatic rings. The highest BCUT2D eigenvalue weighted by Crippen LogP contribution is 2.21. The van der Waals surface area contributed by atoms with Crippen molar-refractivity contribution in [1.82, 2.24) is 15.2 Å². The summed E-state index contributed by atoms with van der Waals surface area (Å²) in [6, 6.07) is 11.9. The fraction of sp³-hybridized carbons (Fsp3) is 0.182. The number of H-pyrrole nitrogens is 1. The number of nitrogens with zero attached hydrogens (tertiary/aromatic N) is 3. The third-order valence-electron chi connectivity index (χ3n) is 1.98. The van der Waals surface area contributed by atoms with E-state index in [9.17, 15) is 0 Å². The molecule has 80 valence electrons. The van der Waals surface area contributed by atoms with E-state index in [0.29, 0.717) is 5.16 Å². The molecule has 0 saturated carbocycles. The summed E-state index contributed by atoms with van der Waals surface area (Å²) >= 11 is 1.34. The van der Waals surface area contributed by atoms with Crippen LogP contribution in [0.1, 0.15) is 6.92 Å². The van der Waals surface area contributed by atoms with E-state index in [1.807, 2.05) is 37.3 Å². The molecule has 0 aliphatic rings. The zero-order valence-corrected chi connectivity index (χ0v) is 9.53. The summed E-state index contributed by atoms with van der Waals surface area (Å²) in [7, 11) is 0. The lowest BCUT2D eigenvalue weighted by Crippen LogP contribution is -1.90. The molecule has 4 nitrogen and oxygen atoms in total. The first-order valence-electron chi connectivity index (χ1n) is 4.83. The van der Waals surface area contributed by atoms with Gasteiger partial charge in [0.25, 0.3) is 0 Å². The van der Waals surface area contributed by atoms with Gasteiger partial charge in [-0.3, -0.25) is 5.10 Å². The monoisotopic (exact) mass is 230 g/mol. The van der Waals surface area contributed by atoms with Crippen molar-refractivity contribution in [3.05, 3.63) is 30.3 Å². The Bertz CT molecular complexity index is 500. The smallest absolute Gasteiger partial charge is 0.210 e. The van der Waals surface area contributed by atoms with Crippen molar-refractivity contribution >= 4 is 11.8 Å². The van der Waals surface area contributed by atoms with Crippen LogP contribution in [0.3, 0.4) is 0 Å². The SMILES string of the molecule is C[C@H](C#N)Sc1n[nH]c(-c2ccccc2)n1. The van der Waals surface area contributed by atoms with E-state index in [2.05, 4.69) is 21.3 Å². The van der Waals surface area contributed by atoms with Gasteiger partial charge in [-0.25, -0.2) is 4.98 Å². The molecule has 5 heteroatoms. The first-order chi connectivity index (χ1) is 7.79. The maximum Gasteiger partial charge on any atom is 0.210 e. The number of hydrogen-bond acceptors (Lipinski definition) is 4. The van der Waals surface area contributed by atoms with Crippen molar-refractivity contribution in [3.63, 3.8) is 0 Å². The molecule has 1 atom stereocenters. The number of rotatable bonds is 3. The Hall–Kier alpha value is -1.80. The van der Waals surface area contributed by atoms with Crippen molar-refractivity contribution in [3.8, 4) is 17.5 Å². The highest BCUT2D eigenvalue weighted by molar-refractivity contribution is 8.00. The zero-order chi connectivity index (χ0) is 11.4. The number of nitrogens with one attached hydrogen (secondary N) is 1. The van der Waals surface area contributed by atoms with E-state index in [1.165, 1.54) is 11.8 Å². The van der Waals surface area contributed by atoms with Crippen LogP contribution in [0.5, 0.6) is 0 Å². The van der Waals surface area contributed by atoms with Gasteiger partial charge in [0, 0.05) is 5.56 Å². The van der Waals surface area contributed by atoms with Crippen molar-refractivity contribution in [1.29, 1.82) is 5.26 Å². The molecule has 0 bridgehead atoms. The first kappa shape index (κ1) is 10.7. The third-order valence-corrected chi connectivity index (χ3v) is 2.83. The number of aromatic nitrogens is 3. The summed E-state index contributed by atoms with van der Waals surface area (Å²) in [6.07, 6.45) is 0. The molecule has 0 amide bonds. The van der Waals surface area contributed by atoms with Crippen LogP contribution in [0.25, 0.3) is 11.4 Å². The summed E-state index contributed by atoms with van der Waals surface area (Å²) in [5.74, 6) is 0.730. The first-order valence-corrected chi connectivity index (χ1v) is 5.71. The maximum atomic E-state index is 8.68. The largest absolute Gasteiger partial charge is 0.258 e. The van der Waals surface area contributed by atoms with Gasteiger partial charge in [0.1, 0.15) is 0 Å². The van der Waals surface area contributed by atoms with E-state index in [-0.39, 0.29) is 5.25 Å². The Kier molecular flexibility index (Phi) is 3.22. The molecule has 2 rings (SSSR count). The molecular formula is C11H10N4S. The summed E-state index contributed by atoms with van der Waals surface area (Å²) in [6.45, 7) is 1.82. The fourth-order valence-corrected chi connectivity index (χ4v) is 1.82. The minimum absolute atomic E-state index is 0.139. The normalized spacial score (nSPS) is 12.0. The van der Waals surface area contributed by atoms with Crippen molar-refractivity contribution in [2.24, 2.45) is 0 Å². The third kappa shape index (κ3) is 2.41. The van der Waals surface area contributed by atoms with E-state index >= 15 is 0 Å². The average molecular weight is 230 g/mol. The highest BCUT2D eigenvalue weighted by atomic mass is 32.2. The number of nitriles is 1. The lowest BCUT2D eigenvalue weighted by molar-refractivity contribution is 0.969. The fourth-order valence-electron chi connectivity index (χ4n) is 1.21. The molecule has 1 aromatic carbocycles. The van der Waals surface area contributed by atoms with Crippen LogP contribution in [-0.4, -0.2) is 20.4 Å². The summed E-state index contributed by atoms with van der Waals surface area (Å²) in [5, 5.41) is 16.1. The molecular weight excluding hydrogens is 220 g/mol. The van der Waals surface area contributed by atoms with Gasteiger partial charge in [-0.1, -0.05) is 42.1 Å².